The van der Waals surface area contributed by atoms with Crippen LogP contribution >= 0.6 is 0 Å². The van der Waals surface area contributed by atoms with Gasteiger partial charge in [0, 0.05) is 26.1 Å². The molecular weight excluding hydrogens is 440 g/mol. The number of hydrogen-bond acceptors (Lipinski definition) is 8. The summed E-state index contributed by atoms with van der Waals surface area (Å²) in [7, 11) is 1.63. The molecule has 9 heteroatoms. The largest absolute Gasteiger partial charge is 0.513 e. The van der Waals surface area contributed by atoms with E-state index in [2.05, 4.69) is 5.32 Å². The number of ether oxygens (including phenoxy) is 3. The lowest BCUT2D eigenvalue weighted by atomic mass is 9.85. The van der Waals surface area contributed by atoms with Crippen molar-refractivity contribution in [3.05, 3.63) is 40.1 Å². The maximum Gasteiger partial charge on any atom is 0.513 e. The highest BCUT2D eigenvalue weighted by Gasteiger charge is 2.50. The summed E-state index contributed by atoms with van der Waals surface area (Å²) in [4.78, 5) is 30.6. The third kappa shape index (κ3) is 5.78. The molecule has 0 bridgehead atoms. The Bertz CT molecular complexity index is 906. The Balaban J connectivity index is 0.000000469. The third-order valence-electron chi connectivity index (χ3n) is 6.36. The quantitative estimate of drug-likeness (QED) is 0.639. The van der Waals surface area contributed by atoms with Crippen LogP contribution in [-0.4, -0.2) is 67.5 Å². The van der Waals surface area contributed by atoms with Crippen LogP contribution in [0.1, 0.15) is 54.9 Å². The summed E-state index contributed by atoms with van der Waals surface area (Å²) in [5.41, 5.74) is 3.56. The van der Waals surface area contributed by atoms with Crippen LogP contribution in [0, 0.1) is 20.8 Å². The van der Waals surface area contributed by atoms with Gasteiger partial charge in [-0.2, -0.15) is 5.06 Å². The molecule has 1 aromatic carbocycles. The lowest BCUT2D eigenvalue weighted by molar-refractivity contribution is -0.152. The summed E-state index contributed by atoms with van der Waals surface area (Å²) >= 11 is 0. The van der Waals surface area contributed by atoms with Gasteiger partial charge in [0.1, 0.15) is 5.54 Å². The molecule has 0 aliphatic carbocycles. The topological polar surface area (TPSA) is 107 Å². The van der Waals surface area contributed by atoms with Gasteiger partial charge in [-0.1, -0.05) is 17.7 Å². The first kappa shape index (κ1) is 26.2. The Labute approximate surface area is 200 Å². The maximum atomic E-state index is 13.1. The summed E-state index contributed by atoms with van der Waals surface area (Å²) in [6, 6.07) is 4.06. The van der Waals surface area contributed by atoms with Gasteiger partial charge in [-0.25, -0.2) is 4.79 Å². The average Bonchev–Trinajstić information content (AvgIpc) is 3.35. The SMILES string of the molecule is CCOC(=O)OC1=C(c2c(C)cc(C)cc2C)C(=O)NC12CCN(OC)CC2.OC1CCCO1. The lowest BCUT2D eigenvalue weighted by Gasteiger charge is -2.38. The minimum Gasteiger partial charge on any atom is -0.434 e. The summed E-state index contributed by atoms with van der Waals surface area (Å²) in [5, 5.41) is 13.4. The molecule has 2 saturated heterocycles. The number of aryl methyl sites for hydroxylation is 3. The molecule has 3 aliphatic rings. The maximum absolute atomic E-state index is 13.1. The minimum atomic E-state index is -0.789. The fourth-order valence-electron chi connectivity index (χ4n) is 4.82. The molecule has 0 saturated carbocycles. The normalized spacial score (nSPS) is 21.8. The highest BCUT2D eigenvalue weighted by Crippen LogP contribution is 2.42. The van der Waals surface area contributed by atoms with Gasteiger partial charge in [-0.3, -0.25) is 4.79 Å². The number of amides is 1. The van der Waals surface area contributed by atoms with E-state index in [9.17, 15) is 9.59 Å². The highest BCUT2D eigenvalue weighted by molar-refractivity contribution is 6.24. The number of aliphatic hydroxyl groups is 1. The van der Waals surface area contributed by atoms with E-state index < -0.39 is 18.0 Å². The van der Waals surface area contributed by atoms with Crippen molar-refractivity contribution < 1.29 is 33.7 Å². The second-order valence-electron chi connectivity index (χ2n) is 8.88. The molecule has 2 N–H and O–H groups in total. The van der Waals surface area contributed by atoms with E-state index in [1.165, 1.54) is 0 Å². The van der Waals surface area contributed by atoms with E-state index in [1.807, 2.05) is 38.0 Å². The lowest BCUT2D eigenvalue weighted by Crippen LogP contribution is -2.53. The van der Waals surface area contributed by atoms with Gasteiger partial charge < -0.3 is 29.5 Å². The molecule has 9 nitrogen and oxygen atoms in total. The number of carbonyl (C=O) groups is 2. The van der Waals surface area contributed by atoms with Crippen LogP contribution in [0.15, 0.2) is 17.9 Å². The number of piperidine rings is 1. The minimum absolute atomic E-state index is 0.204. The molecule has 1 amide bonds. The Morgan fingerprint density at radius 1 is 1.24 bits per heavy atom. The number of hydrogen-bond donors (Lipinski definition) is 2. The second kappa shape index (κ2) is 11.3. The molecule has 34 heavy (non-hydrogen) atoms. The first-order chi connectivity index (χ1) is 16.2. The van der Waals surface area contributed by atoms with Gasteiger partial charge in [-0.05, 0) is 63.6 Å². The molecular formula is C25H36N2O7. The fourth-order valence-corrected chi connectivity index (χ4v) is 4.82. The fraction of sp³-hybridized carbons (Fsp3) is 0.600. The van der Waals surface area contributed by atoms with Crippen molar-refractivity contribution >= 4 is 17.6 Å². The van der Waals surface area contributed by atoms with Crippen LogP contribution in [-0.2, 0) is 23.8 Å². The van der Waals surface area contributed by atoms with E-state index in [0.29, 0.717) is 37.3 Å². The predicted octanol–water partition coefficient (Wildman–Crippen LogP) is 3.14. The summed E-state index contributed by atoms with van der Waals surface area (Å²) < 4.78 is 15.4. The Kier molecular flexibility index (Phi) is 8.70. The molecule has 2 fully saturated rings. The van der Waals surface area contributed by atoms with Crippen LogP contribution in [0.4, 0.5) is 4.79 Å². The van der Waals surface area contributed by atoms with Crippen molar-refractivity contribution in [2.75, 3.05) is 33.4 Å². The number of aliphatic hydroxyl groups excluding tert-OH is 1. The molecule has 3 aliphatic heterocycles. The van der Waals surface area contributed by atoms with E-state index in [-0.39, 0.29) is 12.5 Å². The molecule has 188 valence electrons. The number of rotatable bonds is 4. The van der Waals surface area contributed by atoms with Crippen molar-refractivity contribution in [2.45, 2.75) is 65.2 Å². The Hall–Kier alpha value is -2.46. The monoisotopic (exact) mass is 476 g/mol. The Morgan fingerprint density at radius 2 is 1.88 bits per heavy atom. The molecule has 1 atom stereocenters. The third-order valence-corrected chi connectivity index (χ3v) is 6.36. The van der Waals surface area contributed by atoms with Crippen LogP contribution in [0.2, 0.25) is 0 Å². The van der Waals surface area contributed by atoms with Gasteiger partial charge in [0.05, 0.1) is 19.3 Å². The number of nitrogens with zero attached hydrogens (tertiary/aromatic N) is 1. The summed E-state index contributed by atoms with van der Waals surface area (Å²) in [6.07, 6.45) is 1.75. The van der Waals surface area contributed by atoms with Crippen molar-refractivity contribution in [3.8, 4) is 0 Å². The zero-order valence-electron chi connectivity index (χ0n) is 20.7. The predicted molar refractivity (Wildman–Crippen MR) is 126 cm³/mol. The van der Waals surface area contributed by atoms with Crippen molar-refractivity contribution in [1.29, 1.82) is 0 Å². The first-order valence-corrected chi connectivity index (χ1v) is 11.8. The standard InChI is InChI=1S/C21H28N2O5.C4H8O2/c1-6-27-20(25)28-18-17(16-14(3)11-13(2)12-15(16)4)19(24)22-21(18)7-9-23(26-5)10-8-21;5-4-2-1-3-6-4/h11-12H,6-10H2,1-5H3,(H,22,24);4-5H,1-3H2. The summed E-state index contributed by atoms with van der Waals surface area (Å²) in [6.45, 7) is 9.85. The van der Waals surface area contributed by atoms with Gasteiger partial charge in [0.25, 0.3) is 5.91 Å². The van der Waals surface area contributed by atoms with E-state index >= 15 is 0 Å². The van der Waals surface area contributed by atoms with Crippen LogP contribution < -0.4 is 5.32 Å². The smallest absolute Gasteiger partial charge is 0.434 e. The number of carbonyl (C=O) groups excluding carboxylic acids is 2. The van der Waals surface area contributed by atoms with Gasteiger partial charge in [0.15, 0.2) is 12.0 Å². The van der Waals surface area contributed by atoms with E-state index in [1.54, 1.807) is 14.0 Å². The Morgan fingerprint density at radius 3 is 2.35 bits per heavy atom. The van der Waals surface area contributed by atoms with Gasteiger partial charge in [0.2, 0.25) is 0 Å². The van der Waals surface area contributed by atoms with Crippen LogP contribution in [0.25, 0.3) is 5.57 Å². The van der Waals surface area contributed by atoms with Crippen molar-refractivity contribution in [2.24, 2.45) is 0 Å². The second-order valence-corrected chi connectivity index (χ2v) is 8.88. The highest BCUT2D eigenvalue weighted by atomic mass is 16.7. The zero-order valence-corrected chi connectivity index (χ0v) is 20.7. The number of hydroxylamine groups is 2. The number of nitrogens with one attached hydrogen (secondary N) is 1. The summed E-state index contributed by atoms with van der Waals surface area (Å²) in [5.74, 6) is 0.141. The molecule has 3 heterocycles. The van der Waals surface area contributed by atoms with Crippen molar-refractivity contribution in [1.82, 2.24) is 10.4 Å². The molecule has 1 spiro atoms. The zero-order chi connectivity index (χ0) is 24.9. The average molecular weight is 477 g/mol. The van der Waals surface area contributed by atoms with Gasteiger partial charge >= 0.3 is 6.16 Å². The van der Waals surface area contributed by atoms with Crippen LogP contribution in [0.3, 0.4) is 0 Å². The molecule has 1 aromatic rings. The van der Waals surface area contributed by atoms with E-state index in [4.69, 9.17) is 24.2 Å². The van der Waals surface area contributed by atoms with Crippen molar-refractivity contribution in [3.63, 3.8) is 0 Å². The molecule has 0 aromatic heterocycles. The first-order valence-electron chi connectivity index (χ1n) is 11.8. The molecule has 1 unspecified atom stereocenters. The molecule has 0 radical (unpaired) electrons. The number of benzene rings is 1. The molecule has 4 rings (SSSR count). The van der Waals surface area contributed by atoms with E-state index in [0.717, 1.165) is 41.7 Å². The van der Waals surface area contributed by atoms with Gasteiger partial charge in [-0.15, -0.1) is 0 Å². The van der Waals surface area contributed by atoms with Crippen LogP contribution in [0.5, 0.6) is 0 Å².